The maximum atomic E-state index is 12.6. The molecule has 2 N–H and O–H groups in total. The molecule has 8 heteroatoms. The summed E-state index contributed by atoms with van der Waals surface area (Å²) < 4.78 is 5.07. The van der Waals surface area contributed by atoms with Gasteiger partial charge in [0.15, 0.2) is 0 Å². The van der Waals surface area contributed by atoms with Crippen molar-refractivity contribution in [1.82, 2.24) is 15.3 Å². The average molecular weight is 346 g/mol. The number of nitrogens with one attached hydrogen (secondary N) is 1. The molecule has 25 heavy (non-hydrogen) atoms. The van der Waals surface area contributed by atoms with Crippen molar-refractivity contribution in [3.8, 4) is 5.88 Å². The Balaban J connectivity index is 1.76. The third-order valence-corrected chi connectivity index (χ3v) is 4.70. The summed E-state index contributed by atoms with van der Waals surface area (Å²) in [5.74, 6) is 0.244. The Kier molecular flexibility index (Phi) is 4.98. The number of aromatic nitrogens is 1. The summed E-state index contributed by atoms with van der Waals surface area (Å²) in [6, 6.07) is 3.34. The molecule has 1 fully saturated rings. The van der Waals surface area contributed by atoms with Gasteiger partial charge in [0.2, 0.25) is 11.8 Å². The fourth-order valence-electron chi connectivity index (χ4n) is 3.13. The van der Waals surface area contributed by atoms with Crippen molar-refractivity contribution < 1.29 is 19.4 Å². The van der Waals surface area contributed by atoms with Gasteiger partial charge < -0.3 is 15.2 Å². The molecular formula is C17H22N4O4. The molecule has 1 unspecified atom stereocenters. The van der Waals surface area contributed by atoms with E-state index >= 15 is 0 Å². The molecule has 2 aliphatic rings. The third-order valence-electron chi connectivity index (χ3n) is 4.70. The molecule has 0 radical (unpaired) electrons. The van der Waals surface area contributed by atoms with Crippen LogP contribution in [-0.4, -0.2) is 52.9 Å². The third kappa shape index (κ3) is 3.79. The number of ether oxygens (including phenoxy) is 1. The van der Waals surface area contributed by atoms with E-state index in [9.17, 15) is 14.7 Å². The zero-order chi connectivity index (χ0) is 18.0. The molecule has 8 nitrogen and oxygen atoms in total. The Bertz CT molecular complexity index is 682. The van der Waals surface area contributed by atoms with Crippen molar-refractivity contribution >= 4 is 17.5 Å². The lowest BCUT2D eigenvalue weighted by atomic mass is 9.75. The molecule has 134 valence electrons. The number of pyridine rings is 1. The van der Waals surface area contributed by atoms with Gasteiger partial charge in [0, 0.05) is 32.2 Å². The minimum atomic E-state index is -0.327. The Morgan fingerprint density at radius 2 is 2.16 bits per heavy atom. The quantitative estimate of drug-likeness (QED) is 0.814. The summed E-state index contributed by atoms with van der Waals surface area (Å²) in [5.41, 5.74) is 1.19. The highest BCUT2D eigenvalue weighted by Gasteiger charge is 2.36. The number of aliphatic hydroxyl groups excluding tert-OH is 1. The van der Waals surface area contributed by atoms with Gasteiger partial charge in [-0.2, -0.15) is 5.10 Å². The molecular weight excluding hydrogens is 324 g/mol. The van der Waals surface area contributed by atoms with Crippen LogP contribution in [0, 0.1) is 5.92 Å². The molecule has 1 aliphatic carbocycles. The number of hydrazone groups is 1. The minimum Gasteiger partial charge on any atom is -0.481 e. The molecule has 0 bridgehead atoms. The first-order valence-electron chi connectivity index (χ1n) is 8.31. The van der Waals surface area contributed by atoms with Crippen molar-refractivity contribution in [3.63, 3.8) is 0 Å². The molecule has 1 atom stereocenters. The van der Waals surface area contributed by atoms with Crippen molar-refractivity contribution in [1.29, 1.82) is 0 Å². The summed E-state index contributed by atoms with van der Waals surface area (Å²) in [4.78, 5) is 28.3. The summed E-state index contributed by atoms with van der Waals surface area (Å²) in [7, 11) is 3.09. The second kappa shape index (κ2) is 7.18. The van der Waals surface area contributed by atoms with Crippen LogP contribution in [0.25, 0.3) is 0 Å². The Morgan fingerprint density at radius 3 is 2.72 bits per heavy atom. The van der Waals surface area contributed by atoms with Gasteiger partial charge in [-0.3, -0.25) is 9.59 Å². The fraction of sp³-hybridized carbons (Fsp3) is 0.529. The van der Waals surface area contributed by atoms with Gasteiger partial charge >= 0.3 is 0 Å². The van der Waals surface area contributed by atoms with Crippen LogP contribution in [0.1, 0.15) is 37.3 Å². The highest BCUT2D eigenvalue weighted by molar-refractivity contribution is 6.39. The molecule has 0 saturated heterocycles. The van der Waals surface area contributed by atoms with Crippen molar-refractivity contribution in [2.24, 2.45) is 11.0 Å². The molecule has 1 aromatic heterocycles. The topological polar surface area (TPSA) is 104 Å². The predicted octanol–water partition coefficient (Wildman–Crippen LogP) is 0.627. The smallest absolute Gasteiger partial charge is 0.267 e. The number of aliphatic hydroxyl groups is 1. The van der Waals surface area contributed by atoms with Gasteiger partial charge in [-0.15, -0.1) is 0 Å². The second-order valence-corrected chi connectivity index (χ2v) is 6.43. The first kappa shape index (κ1) is 17.3. The Labute approximate surface area is 145 Å². The Morgan fingerprint density at radius 1 is 1.40 bits per heavy atom. The van der Waals surface area contributed by atoms with Crippen LogP contribution in [0.4, 0.5) is 0 Å². The van der Waals surface area contributed by atoms with Crippen LogP contribution in [0.2, 0.25) is 0 Å². The largest absolute Gasteiger partial charge is 0.481 e. The lowest BCUT2D eigenvalue weighted by Gasteiger charge is -2.38. The fourth-order valence-corrected chi connectivity index (χ4v) is 3.13. The SMILES string of the molecule is COc1ccc(C(NC(=O)C2=NN(C)C(=O)CC2)C2CC(O)C2)cn1. The van der Waals surface area contributed by atoms with E-state index < -0.39 is 0 Å². The van der Waals surface area contributed by atoms with Gasteiger partial charge in [0.25, 0.3) is 5.91 Å². The standard InChI is InChI=1S/C17H22N4O4/c1-21-15(23)6-4-13(20-21)17(24)19-16(11-7-12(22)8-11)10-3-5-14(25-2)18-9-10/h3,5,9,11-12,16,22H,4,6-8H2,1-2H3,(H,19,24). The monoisotopic (exact) mass is 346 g/mol. The number of carbonyl (C=O) groups is 2. The average Bonchev–Trinajstić information content (AvgIpc) is 2.59. The molecule has 1 aromatic rings. The highest BCUT2D eigenvalue weighted by Crippen LogP contribution is 2.38. The number of methoxy groups -OCH3 is 1. The summed E-state index contributed by atoms with van der Waals surface area (Å²) >= 11 is 0. The highest BCUT2D eigenvalue weighted by atomic mass is 16.5. The number of carbonyl (C=O) groups excluding carboxylic acids is 2. The van der Waals surface area contributed by atoms with Crippen molar-refractivity contribution in [2.75, 3.05) is 14.2 Å². The van der Waals surface area contributed by atoms with Gasteiger partial charge in [-0.25, -0.2) is 9.99 Å². The van der Waals surface area contributed by atoms with Crippen molar-refractivity contribution in [3.05, 3.63) is 23.9 Å². The molecule has 0 aromatic carbocycles. The summed E-state index contributed by atoms with van der Waals surface area (Å²) in [5, 5.41) is 17.9. The van der Waals surface area contributed by atoms with Crippen molar-refractivity contribution in [2.45, 2.75) is 37.8 Å². The van der Waals surface area contributed by atoms with Crippen LogP contribution in [-0.2, 0) is 9.59 Å². The number of hydrogen-bond acceptors (Lipinski definition) is 6. The maximum absolute atomic E-state index is 12.6. The number of rotatable bonds is 5. The predicted molar refractivity (Wildman–Crippen MR) is 89.8 cm³/mol. The normalized spacial score (nSPS) is 24.2. The first-order chi connectivity index (χ1) is 12.0. The van der Waals surface area contributed by atoms with Gasteiger partial charge in [0.1, 0.15) is 5.71 Å². The lowest BCUT2D eigenvalue weighted by molar-refractivity contribution is -0.130. The van der Waals surface area contributed by atoms with E-state index in [1.54, 1.807) is 26.4 Å². The molecule has 0 spiro atoms. The second-order valence-electron chi connectivity index (χ2n) is 6.43. The first-order valence-corrected chi connectivity index (χ1v) is 8.31. The zero-order valence-corrected chi connectivity index (χ0v) is 14.3. The molecule has 2 amide bonds. The van der Waals surface area contributed by atoms with E-state index in [2.05, 4.69) is 15.4 Å². The molecule has 3 rings (SSSR count). The summed E-state index contributed by atoms with van der Waals surface area (Å²) in [6.07, 6.45) is 3.21. The molecule has 2 heterocycles. The van der Waals surface area contributed by atoms with Crippen LogP contribution < -0.4 is 10.1 Å². The van der Waals surface area contributed by atoms with Gasteiger partial charge in [-0.1, -0.05) is 6.07 Å². The maximum Gasteiger partial charge on any atom is 0.267 e. The van der Waals surface area contributed by atoms with Gasteiger partial charge in [0.05, 0.1) is 19.3 Å². The number of amides is 2. The minimum absolute atomic E-state index is 0.102. The van der Waals surface area contributed by atoms with Gasteiger partial charge in [-0.05, 0) is 24.3 Å². The van der Waals surface area contributed by atoms with E-state index in [0.29, 0.717) is 30.9 Å². The lowest BCUT2D eigenvalue weighted by Crippen LogP contribution is -2.45. The van der Waals surface area contributed by atoms with E-state index in [1.807, 2.05) is 6.07 Å². The van der Waals surface area contributed by atoms with Crippen LogP contribution in [0.15, 0.2) is 23.4 Å². The van der Waals surface area contributed by atoms with E-state index in [0.717, 1.165) is 5.56 Å². The van der Waals surface area contributed by atoms with E-state index in [-0.39, 0.29) is 36.3 Å². The van der Waals surface area contributed by atoms with Crippen LogP contribution in [0.5, 0.6) is 5.88 Å². The van der Waals surface area contributed by atoms with Crippen LogP contribution in [0.3, 0.4) is 0 Å². The van der Waals surface area contributed by atoms with E-state index in [1.165, 1.54) is 5.01 Å². The number of hydrogen-bond donors (Lipinski definition) is 2. The Hall–Kier alpha value is -2.48. The summed E-state index contributed by atoms with van der Waals surface area (Å²) in [6.45, 7) is 0. The molecule has 1 saturated carbocycles. The van der Waals surface area contributed by atoms with Crippen LogP contribution >= 0.6 is 0 Å². The number of nitrogens with zero attached hydrogens (tertiary/aromatic N) is 3. The zero-order valence-electron chi connectivity index (χ0n) is 14.3. The molecule has 1 aliphatic heterocycles. The van der Waals surface area contributed by atoms with E-state index in [4.69, 9.17) is 4.74 Å².